The van der Waals surface area contributed by atoms with Crippen LogP contribution in [0, 0.1) is 6.92 Å². The van der Waals surface area contributed by atoms with Crippen LogP contribution in [0.25, 0.3) is 0 Å². The Bertz CT molecular complexity index is 295. The van der Waals surface area contributed by atoms with Crippen molar-refractivity contribution in [1.29, 1.82) is 0 Å². The molecule has 0 unspecified atom stereocenters. The second-order valence-corrected chi connectivity index (χ2v) is 52.6. The van der Waals surface area contributed by atoms with Crippen LogP contribution in [0.5, 0.6) is 0 Å². The van der Waals surface area contributed by atoms with Gasteiger partial charge in [0.2, 0.25) is 0 Å². The van der Waals surface area contributed by atoms with E-state index in [1.807, 2.05) is 0 Å². The summed E-state index contributed by atoms with van der Waals surface area (Å²) in [4.78, 5) is 0. The lowest BCUT2D eigenvalue weighted by Crippen LogP contribution is -2.82. The molecule has 0 fully saturated rings. The number of rotatable bonds is 13. The molecule has 145 valence electrons. The van der Waals surface area contributed by atoms with Crippen LogP contribution >= 0.6 is 0 Å². The predicted molar refractivity (Wildman–Crippen MR) is 128 cm³/mol. The summed E-state index contributed by atoms with van der Waals surface area (Å²) in [6, 6.07) is 1.68. The molecule has 24 heavy (non-hydrogen) atoms. The van der Waals surface area contributed by atoms with Crippen molar-refractivity contribution in [2.45, 2.75) is 123 Å². The van der Waals surface area contributed by atoms with E-state index in [1.54, 1.807) is 12.5 Å². The van der Waals surface area contributed by atoms with Gasteiger partial charge in [-0.1, -0.05) is 130 Å². The number of hydrogen-bond donors (Lipinski definition) is 0. The summed E-state index contributed by atoms with van der Waals surface area (Å²) in [6.45, 7) is 27.5. The van der Waals surface area contributed by atoms with Gasteiger partial charge in [0.05, 0.1) is 0 Å². The fraction of sp³-hybridized carbons (Fsp3) is 0.950. The minimum Gasteiger partial charge on any atom is -0.0718 e. The number of unbranched alkanes of at least 4 members (excludes halogenated alkanes) is 8. The van der Waals surface area contributed by atoms with Crippen molar-refractivity contribution in [3.8, 4) is 0 Å². The maximum atomic E-state index is 3.94. The van der Waals surface area contributed by atoms with Crippen LogP contribution < -0.4 is 0 Å². The van der Waals surface area contributed by atoms with Gasteiger partial charge in [-0.05, 0) is 0 Å². The van der Waals surface area contributed by atoms with E-state index in [2.05, 4.69) is 65.8 Å². The van der Waals surface area contributed by atoms with Crippen molar-refractivity contribution < 1.29 is 0 Å². The summed E-state index contributed by atoms with van der Waals surface area (Å²) in [5.74, 6) is 0. The zero-order valence-corrected chi connectivity index (χ0v) is 22.8. The van der Waals surface area contributed by atoms with Gasteiger partial charge in [-0.2, -0.15) is 0 Å². The highest BCUT2D eigenvalue weighted by molar-refractivity contribution is 7.89. The Morgan fingerprint density at radius 3 is 1.04 bits per heavy atom. The quantitative estimate of drug-likeness (QED) is 0.216. The molecule has 0 saturated carbocycles. The Balaban J connectivity index is 4.62. The minimum absolute atomic E-state index is 1.04. The van der Waals surface area contributed by atoms with Crippen molar-refractivity contribution in [3.63, 3.8) is 0 Å². The molecule has 0 nitrogen and oxygen atoms in total. The first-order chi connectivity index (χ1) is 10.8. The molecule has 0 rings (SSSR count). The molecule has 0 saturated heterocycles. The van der Waals surface area contributed by atoms with Crippen LogP contribution in [0.2, 0.25) is 65.0 Å². The summed E-state index contributed by atoms with van der Waals surface area (Å²) >= 11 is 0. The summed E-state index contributed by atoms with van der Waals surface area (Å²) in [5, 5.41) is 0. The Hall–Kier alpha value is 0.868. The normalized spacial score (nSPS) is 14.2. The SMILES string of the molecule is [CH2]CCCCCCCCCC[Si]([Si](C)(C)C)([Si](C)(C)C)[Si](C)(C)C. The van der Waals surface area contributed by atoms with Crippen LogP contribution in [0.4, 0.5) is 0 Å². The highest BCUT2D eigenvalue weighted by Gasteiger charge is 2.60. The molecule has 0 amide bonds. The summed E-state index contributed by atoms with van der Waals surface area (Å²) < 4.78 is 0. The van der Waals surface area contributed by atoms with E-state index in [0.29, 0.717) is 0 Å². The summed E-state index contributed by atoms with van der Waals surface area (Å²) in [7, 11) is -3.13. The molecule has 0 aliphatic carbocycles. The third-order valence-electron chi connectivity index (χ3n) is 6.39. The zero-order chi connectivity index (χ0) is 19.1. The smallest absolute Gasteiger partial charge is 0.0374 e. The van der Waals surface area contributed by atoms with Gasteiger partial charge >= 0.3 is 0 Å². The molecule has 0 atom stereocenters. The van der Waals surface area contributed by atoms with Gasteiger partial charge in [0.15, 0.2) is 0 Å². The van der Waals surface area contributed by atoms with Crippen LogP contribution in [0.15, 0.2) is 0 Å². The molecule has 0 aromatic heterocycles. The number of hydrogen-bond acceptors (Lipinski definition) is 0. The molecule has 0 bridgehead atoms. The molecule has 0 aromatic rings. The fourth-order valence-electron chi connectivity index (χ4n) is 6.13. The predicted octanol–water partition coefficient (Wildman–Crippen LogP) is 8.03. The van der Waals surface area contributed by atoms with Crippen molar-refractivity contribution in [3.05, 3.63) is 6.92 Å². The van der Waals surface area contributed by atoms with E-state index in [-0.39, 0.29) is 0 Å². The highest BCUT2D eigenvalue weighted by Crippen LogP contribution is 2.41. The average Bonchev–Trinajstić information content (AvgIpc) is 2.36. The van der Waals surface area contributed by atoms with Crippen LogP contribution in [-0.4, -0.2) is 29.4 Å². The maximum absolute atomic E-state index is 3.94. The lowest BCUT2D eigenvalue weighted by atomic mass is 10.1. The first-order valence-electron chi connectivity index (χ1n) is 10.6. The summed E-state index contributed by atoms with van der Waals surface area (Å²) in [6.07, 6.45) is 12.8. The Kier molecular flexibility index (Phi) is 10.6. The molecule has 0 aliphatic heterocycles. The van der Waals surface area contributed by atoms with Gasteiger partial charge in [0, 0.05) is 29.4 Å². The molecule has 0 spiro atoms. The Morgan fingerprint density at radius 1 is 0.458 bits per heavy atom. The van der Waals surface area contributed by atoms with Gasteiger partial charge < -0.3 is 0 Å². The highest BCUT2D eigenvalue weighted by atomic mass is 29.9. The molecule has 0 aromatic carbocycles. The van der Waals surface area contributed by atoms with Crippen molar-refractivity contribution in [2.75, 3.05) is 0 Å². The third-order valence-corrected chi connectivity index (χ3v) is 81.0. The van der Waals surface area contributed by atoms with Crippen LogP contribution in [-0.2, 0) is 0 Å². The molecule has 0 heterocycles. The summed E-state index contributed by atoms with van der Waals surface area (Å²) in [5.41, 5.74) is 0. The third kappa shape index (κ3) is 6.88. The van der Waals surface area contributed by atoms with Gasteiger partial charge in [-0.25, -0.2) is 0 Å². The molecule has 0 aliphatic rings. The molecule has 1 radical (unpaired) electrons. The minimum atomic E-state index is -1.08. The van der Waals surface area contributed by atoms with Crippen LogP contribution in [0.1, 0.15) is 57.8 Å². The van der Waals surface area contributed by atoms with Gasteiger partial charge in [-0.3, -0.25) is 0 Å². The lowest BCUT2D eigenvalue weighted by Gasteiger charge is -2.58. The Labute approximate surface area is 159 Å². The van der Waals surface area contributed by atoms with E-state index in [1.165, 1.54) is 44.9 Å². The molecular weight excluding hydrogens is 353 g/mol. The molecule has 4 heteroatoms. The lowest BCUT2D eigenvalue weighted by molar-refractivity contribution is 0.577. The topological polar surface area (TPSA) is 0 Å². The van der Waals surface area contributed by atoms with Crippen molar-refractivity contribution in [1.82, 2.24) is 0 Å². The van der Waals surface area contributed by atoms with E-state index < -0.39 is 29.4 Å². The van der Waals surface area contributed by atoms with Gasteiger partial charge in [-0.15, -0.1) is 0 Å². The monoisotopic (exact) mass is 401 g/mol. The van der Waals surface area contributed by atoms with E-state index in [9.17, 15) is 0 Å². The van der Waals surface area contributed by atoms with Crippen molar-refractivity contribution >= 4 is 29.4 Å². The average molecular weight is 402 g/mol. The first-order valence-corrected chi connectivity index (χ1v) is 26.3. The standard InChI is InChI=1S/C20H49Si4/c1-11-12-13-14-15-16-17-18-19-20-24(21(2,3)4,22(5,6)7)23(8,9)10/h1,11-20H2,2-10H3. The van der Waals surface area contributed by atoms with Gasteiger partial charge in [0.25, 0.3) is 0 Å². The first kappa shape index (κ1) is 24.9. The second kappa shape index (κ2) is 10.3. The zero-order valence-electron chi connectivity index (χ0n) is 18.8. The van der Waals surface area contributed by atoms with Crippen LogP contribution in [0.3, 0.4) is 0 Å². The van der Waals surface area contributed by atoms with Crippen molar-refractivity contribution in [2.24, 2.45) is 0 Å². The van der Waals surface area contributed by atoms with E-state index >= 15 is 0 Å². The molecule has 0 N–H and O–H groups in total. The Morgan fingerprint density at radius 2 is 0.750 bits per heavy atom. The van der Waals surface area contributed by atoms with Gasteiger partial charge in [0.1, 0.15) is 0 Å². The molecular formula is C20H49Si4. The van der Waals surface area contributed by atoms with E-state index in [0.717, 1.165) is 6.42 Å². The maximum Gasteiger partial charge on any atom is 0.0374 e. The van der Waals surface area contributed by atoms with E-state index in [4.69, 9.17) is 0 Å². The second-order valence-electron chi connectivity index (χ2n) is 11.1. The largest absolute Gasteiger partial charge is 0.0718 e. The fourth-order valence-corrected chi connectivity index (χ4v) is 105.